The summed E-state index contributed by atoms with van der Waals surface area (Å²) in [5.74, 6) is -1.51. The van der Waals surface area contributed by atoms with Crippen molar-refractivity contribution in [3.05, 3.63) is 83.4 Å². The molecular weight excluding hydrogens is 504 g/mol. The van der Waals surface area contributed by atoms with E-state index < -0.39 is 48.2 Å². The Labute approximate surface area is 228 Å². The topological polar surface area (TPSA) is 90.9 Å². The molecule has 0 aliphatic carbocycles. The summed E-state index contributed by atoms with van der Waals surface area (Å²) < 4.78 is 47.9. The van der Waals surface area contributed by atoms with E-state index in [4.69, 9.17) is 37.9 Å². The zero-order chi connectivity index (χ0) is 27.5. The van der Waals surface area contributed by atoms with Gasteiger partial charge in [-0.25, -0.2) is 4.79 Å². The maximum atomic E-state index is 13.4. The van der Waals surface area contributed by atoms with Crippen molar-refractivity contribution in [1.82, 2.24) is 0 Å². The van der Waals surface area contributed by atoms with Crippen molar-refractivity contribution in [1.29, 1.82) is 0 Å². The van der Waals surface area contributed by atoms with Gasteiger partial charge in [-0.1, -0.05) is 60.7 Å². The molecule has 3 aliphatic rings. The van der Waals surface area contributed by atoms with E-state index in [1.807, 2.05) is 66.7 Å². The number of hydrogen-bond acceptors (Lipinski definition) is 9. The molecule has 0 N–H and O–H groups in total. The Morgan fingerprint density at radius 1 is 0.872 bits per heavy atom. The van der Waals surface area contributed by atoms with Gasteiger partial charge >= 0.3 is 5.97 Å². The molecule has 5 rings (SSSR count). The average Bonchev–Trinajstić information content (AvgIpc) is 3.43. The molecule has 210 valence electrons. The molecule has 6 atom stereocenters. The minimum Gasteiger partial charge on any atom is -0.467 e. The molecular formula is C30H36O9. The highest BCUT2D eigenvalue weighted by atomic mass is 16.8. The van der Waals surface area contributed by atoms with Gasteiger partial charge < -0.3 is 37.9 Å². The minimum atomic E-state index is -1.51. The second-order valence-electron chi connectivity index (χ2n) is 10.4. The quantitative estimate of drug-likeness (QED) is 0.329. The molecule has 3 heterocycles. The summed E-state index contributed by atoms with van der Waals surface area (Å²) in [5.41, 5.74) is 1.28. The van der Waals surface area contributed by atoms with Crippen molar-refractivity contribution >= 4 is 5.97 Å². The minimum absolute atomic E-state index is 0.146. The van der Waals surface area contributed by atoms with Gasteiger partial charge in [-0.3, -0.25) is 0 Å². The van der Waals surface area contributed by atoms with Crippen LogP contribution in [0.4, 0.5) is 0 Å². The zero-order valence-corrected chi connectivity index (χ0v) is 22.7. The Morgan fingerprint density at radius 3 is 2.13 bits per heavy atom. The van der Waals surface area contributed by atoms with Crippen molar-refractivity contribution in [2.75, 3.05) is 20.8 Å². The van der Waals surface area contributed by atoms with Crippen molar-refractivity contribution < 1.29 is 42.7 Å². The summed E-state index contributed by atoms with van der Waals surface area (Å²) in [6.45, 7) is 4.50. The van der Waals surface area contributed by atoms with Crippen LogP contribution in [0.1, 0.15) is 31.4 Å². The normalized spacial score (nSPS) is 31.5. The van der Waals surface area contributed by atoms with Crippen molar-refractivity contribution in [2.45, 2.75) is 75.8 Å². The molecule has 39 heavy (non-hydrogen) atoms. The van der Waals surface area contributed by atoms with Crippen LogP contribution in [0.15, 0.2) is 72.3 Å². The number of fused-ring (bicyclic) bond motifs is 1. The lowest BCUT2D eigenvalue weighted by Gasteiger charge is -2.35. The van der Waals surface area contributed by atoms with Gasteiger partial charge in [-0.05, 0) is 36.6 Å². The fraction of sp³-hybridized carbons (Fsp3) is 0.500. The highest BCUT2D eigenvalue weighted by Gasteiger charge is 2.67. The largest absolute Gasteiger partial charge is 0.467 e. The fourth-order valence-corrected chi connectivity index (χ4v) is 5.31. The molecule has 0 amide bonds. The zero-order valence-electron chi connectivity index (χ0n) is 22.7. The van der Waals surface area contributed by atoms with E-state index in [1.165, 1.54) is 7.11 Å². The lowest BCUT2D eigenvalue weighted by Crippen LogP contribution is -2.52. The van der Waals surface area contributed by atoms with Gasteiger partial charge in [0.05, 0.1) is 26.9 Å². The van der Waals surface area contributed by atoms with Gasteiger partial charge in [0.15, 0.2) is 18.4 Å². The molecule has 2 fully saturated rings. The van der Waals surface area contributed by atoms with Crippen LogP contribution in [0, 0.1) is 0 Å². The molecule has 0 unspecified atom stereocenters. The molecule has 0 aromatic heterocycles. The third-order valence-electron chi connectivity index (χ3n) is 7.08. The first-order chi connectivity index (χ1) is 18.8. The Balaban J connectivity index is 1.39. The predicted octanol–water partition coefficient (Wildman–Crippen LogP) is 3.90. The number of hydrogen-bond donors (Lipinski definition) is 0. The second kappa shape index (κ2) is 11.9. The van der Waals surface area contributed by atoms with Crippen LogP contribution < -0.4 is 0 Å². The van der Waals surface area contributed by atoms with E-state index in [0.29, 0.717) is 6.61 Å². The average molecular weight is 541 g/mol. The molecule has 0 spiro atoms. The van der Waals surface area contributed by atoms with Gasteiger partial charge in [-0.2, -0.15) is 0 Å². The SMILES string of the molecule is COC(=O)[C@]1(CC2=C[C@H](OCc3ccccc3)[C@H](OC)OC2)O[C@H](OCc2ccccc2)[C@H]2OC(C)(C)O[C@H]21. The van der Waals surface area contributed by atoms with E-state index in [-0.39, 0.29) is 19.6 Å². The number of methoxy groups -OCH3 is 2. The van der Waals surface area contributed by atoms with Crippen LogP contribution in [-0.4, -0.2) is 69.1 Å². The molecule has 2 aromatic rings. The molecule has 3 aliphatic heterocycles. The molecule has 2 saturated heterocycles. The second-order valence-corrected chi connectivity index (χ2v) is 10.4. The standard InChI is InChI=1S/C30H36O9/c1-29(2)37-24-25(38-29)30(28(31)33-4,39-27(24)36-18-21-13-9-6-10-14-21)16-22-15-23(26(32-3)35-19-22)34-17-20-11-7-5-8-12-20/h5-15,23-27H,16-19H2,1-4H3/t23-,24-,25+,26+,27-,30+/m0/s1. The van der Waals surface area contributed by atoms with Gasteiger partial charge in [-0.15, -0.1) is 0 Å². The molecule has 0 radical (unpaired) electrons. The first-order valence-electron chi connectivity index (χ1n) is 13.1. The lowest BCUT2D eigenvalue weighted by molar-refractivity contribution is -0.260. The van der Waals surface area contributed by atoms with Gasteiger partial charge in [0, 0.05) is 13.5 Å². The Kier molecular flexibility index (Phi) is 8.49. The van der Waals surface area contributed by atoms with Gasteiger partial charge in [0.2, 0.25) is 5.60 Å². The summed E-state index contributed by atoms with van der Waals surface area (Å²) in [7, 11) is 2.91. The monoisotopic (exact) mass is 540 g/mol. The van der Waals surface area contributed by atoms with Crippen LogP contribution in [0.3, 0.4) is 0 Å². The summed E-state index contributed by atoms with van der Waals surface area (Å²) in [4.78, 5) is 13.4. The van der Waals surface area contributed by atoms with Gasteiger partial charge in [0.1, 0.15) is 18.3 Å². The molecule has 2 aromatic carbocycles. The number of carbonyl (C=O) groups is 1. The number of benzene rings is 2. The van der Waals surface area contributed by atoms with Crippen LogP contribution in [-0.2, 0) is 55.9 Å². The Hall–Kier alpha value is -2.63. The third kappa shape index (κ3) is 6.10. The number of carbonyl (C=O) groups excluding carboxylic acids is 1. The number of rotatable bonds is 10. The fourth-order valence-electron chi connectivity index (χ4n) is 5.31. The maximum Gasteiger partial charge on any atom is 0.341 e. The first kappa shape index (κ1) is 27.9. The summed E-state index contributed by atoms with van der Waals surface area (Å²) in [6, 6.07) is 19.6. The summed E-state index contributed by atoms with van der Waals surface area (Å²) in [6.07, 6.45) is -1.24. The van der Waals surface area contributed by atoms with E-state index in [2.05, 4.69) is 0 Å². The third-order valence-corrected chi connectivity index (χ3v) is 7.08. The van der Waals surface area contributed by atoms with Crippen molar-refractivity contribution in [3.63, 3.8) is 0 Å². The molecule has 9 heteroatoms. The summed E-state index contributed by atoms with van der Waals surface area (Å²) in [5, 5.41) is 0. The maximum absolute atomic E-state index is 13.4. The van der Waals surface area contributed by atoms with Crippen LogP contribution in [0.5, 0.6) is 0 Å². The smallest absolute Gasteiger partial charge is 0.341 e. The van der Waals surface area contributed by atoms with E-state index in [9.17, 15) is 4.79 Å². The molecule has 9 nitrogen and oxygen atoms in total. The van der Waals surface area contributed by atoms with E-state index in [1.54, 1.807) is 21.0 Å². The van der Waals surface area contributed by atoms with Crippen molar-refractivity contribution in [2.24, 2.45) is 0 Å². The van der Waals surface area contributed by atoms with Crippen molar-refractivity contribution in [3.8, 4) is 0 Å². The van der Waals surface area contributed by atoms with Crippen LogP contribution in [0.2, 0.25) is 0 Å². The van der Waals surface area contributed by atoms with E-state index in [0.717, 1.165) is 16.7 Å². The Morgan fingerprint density at radius 2 is 1.51 bits per heavy atom. The molecule has 0 bridgehead atoms. The number of ether oxygens (including phenoxy) is 8. The van der Waals surface area contributed by atoms with Crippen LogP contribution in [0.25, 0.3) is 0 Å². The predicted molar refractivity (Wildman–Crippen MR) is 139 cm³/mol. The summed E-state index contributed by atoms with van der Waals surface area (Å²) >= 11 is 0. The number of esters is 1. The highest BCUT2D eigenvalue weighted by molar-refractivity contribution is 5.81. The van der Waals surface area contributed by atoms with E-state index >= 15 is 0 Å². The highest BCUT2D eigenvalue weighted by Crippen LogP contribution is 2.48. The molecule has 0 saturated carbocycles. The first-order valence-corrected chi connectivity index (χ1v) is 13.1. The van der Waals surface area contributed by atoms with Crippen LogP contribution >= 0.6 is 0 Å². The lowest BCUT2D eigenvalue weighted by atomic mass is 9.87. The Bertz CT molecular complexity index is 1140. The van der Waals surface area contributed by atoms with Gasteiger partial charge in [0.25, 0.3) is 0 Å².